The molecule has 0 aliphatic carbocycles. The summed E-state index contributed by atoms with van der Waals surface area (Å²) in [5.74, 6) is -1.59. The minimum absolute atomic E-state index is 0.0720. The lowest BCUT2D eigenvalue weighted by Gasteiger charge is -2.34. The van der Waals surface area contributed by atoms with E-state index in [2.05, 4.69) is 9.97 Å². The van der Waals surface area contributed by atoms with E-state index in [0.29, 0.717) is 17.8 Å². The highest BCUT2D eigenvalue weighted by Crippen LogP contribution is 2.24. The molecule has 1 saturated heterocycles. The van der Waals surface area contributed by atoms with Gasteiger partial charge in [-0.3, -0.25) is 4.79 Å². The molecule has 3 aromatic rings. The third-order valence-electron chi connectivity index (χ3n) is 5.20. The molecule has 0 bridgehead atoms. The van der Waals surface area contributed by atoms with Crippen LogP contribution in [0.25, 0.3) is 11.0 Å². The number of fused-ring (bicyclic) bond motifs is 1. The van der Waals surface area contributed by atoms with Crippen molar-refractivity contribution in [3.05, 3.63) is 48.0 Å². The molecule has 0 atom stereocenters. The highest BCUT2D eigenvalue weighted by atomic mass is 32.2. The Hall–Kier alpha value is -2.70. The molecular weight excluding hydrogens is 474 g/mol. The van der Waals surface area contributed by atoms with Gasteiger partial charge in [-0.15, -0.1) is 0 Å². The molecule has 4 rings (SSSR count). The predicted octanol–water partition coefficient (Wildman–Crippen LogP) is 2.87. The molecule has 1 aliphatic heterocycles. The first kappa shape index (κ1) is 23.5. The highest BCUT2D eigenvalue weighted by molar-refractivity contribution is 7.99. The first-order chi connectivity index (χ1) is 15.8. The van der Waals surface area contributed by atoms with Crippen molar-refractivity contribution in [2.75, 3.05) is 38.5 Å². The quantitative estimate of drug-likeness (QED) is 0.506. The van der Waals surface area contributed by atoms with Gasteiger partial charge in [0.25, 0.3) is 0 Å². The van der Waals surface area contributed by atoms with Crippen LogP contribution in [0.4, 0.5) is 8.78 Å². The fourth-order valence-corrected chi connectivity index (χ4v) is 5.70. The predicted molar refractivity (Wildman–Crippen MR) is 120 cm³/mol. The summed E-state index contributed by atoms with van der Waals surface area (Å²) < 4.78 is 58.6. The van der Waals surface area contributed by atoms with E-state index in [0.717, 1.165) is 28.9 Å². The molecule has 0 saturated carbocycles. The van der Waals surface area contributed by atoms with Gasteiger partial charge in [-0.2, -0.15) is 4.31 Å². The minimum Gasteiger partial charge on any atom is -0.494 e. The van der Waals surface area contributed by atoms with Gasteiger partial charge in [-0.05, 0) is 37.3 Å². The Kier molecular flexibility index (Phi) is 6.86. The van der Waals surface area contributed by atoms with Crippen LogP contribution in [0.5, 0.6) is 5.75 Å². The number of sulfonamides is 1. The van der Waals surface area contributed by atoms with Gasteiger partial charge >= 0.3 is 0 Å². The van der Waals surface area contributed by atoms with Crippen molar-refractivity contribution < 1.29 is 26.7 Å². The summed E-state index contributed by atoms with van der Waals surface area (Å²) in [6.45, 7) is 3.03. The molecule has 1 N–H and O–H groups in total. The molecule has 12 heteroatoms. The van der Waals surface area contributed by atoms with Gasteiger partial charge in [0.05, 0.1) is 28.3 Å². The lowest BCUT2D eigenvalue weighted by atomic mass is 10.3. The van der Waals surface area contributed by atoms with Crippen LogP contribution in [0.3, 0.4) is 0 Å². The second kappa shape index (κ2) is 9.65. The topological polar surface area (TPSA) is 95.6 Å². The first-order valence-corrected chi connectivity index (χ1v) is 12.7. The standard InChI is InChI=1S/C21H22F2N4O4S2/c1-2-31-14-3-6-18-19(11-14)25-21(24-18)32-13-20(28)26-7-9-27(10-8-26)33(29,30)15-4-5-16(22)17(23)12-15/h3-6,11-12H,2,7-10,13H2,1H3,(H,24,25). The summed E-state index contributed by atoms with van der Waals surface area (Å²) in [7, 11) is -3.97. The number of nitrogens with zero attached hydrogens (tertiary/aromatic N) is 3. The molecule has 0 spiro atoms. The number of hydrogen-bond acceptors (Lipinski definition) is 6. The van der Waals surface area contributed by atoms with Crippen molar-refractivity contribution in [3.8, 4) is 5.75 Å². The largest absolute Gasteiger partial charge is 0.494 e. The van der Waals surface area contributed by atoms with Gasteiger partial charge in [-0.1, -0.05) is 11.8 Å². The van der Waals surface area contributed by atoms with E-state index in [-0.39, 0.29) is 42.7 Å². The first-order valence-electron chi connectivity index (χ1n) is 10.3. The van der Waals surface area contributed by atoms with Gasteiger partial charge in [0.2, 0.25) is 15.9 Å². The molecule has 0 radical (unpaired) electrons. The van der Waals surface area contributed by atoms with E-state index in [9.17, 15) is 22.0 Å². The number of rotatable bonds is 7. The van der Waals surface area contributed by atoms with Crippen molar-refractivity contribution in [3.63, 3.8) is 0 Å². The van der Waals surface area contributed by atoms with Gasteiger partial charge in [0.15, 0.2) is 16.8 Å². The third-order valence-corrected chi connectivity index (χ3v) is 7.95. The summed E-state index contributed by atoms with van der Waals surface area (Å²) >= 11 is 1.27. The SMILES string of the molecule is CCOc1ccc2nc(SCC(=O)N3CCN(S(=O)(=O)c4ccc(F)c(F)c4)CC3)[nH]c2c1. The molecule has 33 heavy (non-hydrogen) atoms. The number of benzene rings is 2. The zero-order valence-corrected chi connectivity index (χ0v) is 19.4. The van der Waals surface area contributed by atoms with Crippen molar-refractivity contribution in [1.82, 2.24) is 19.2 Å². The fraction of sp³-hybridized carbons (Fsp3) is 0.333. The number of halogens is 2. The maximum Gasteiger partial charge on any atom is 0.243 e. The van der Waals surface area contributed by atoms with Crippen molar-refractivity contribution >= 4 is 38.7 Å². The number of carbonyl (C=O) groups excluding carboxylic acids is 1. The molecule has 8 nitrogen and oxygen atoms in total. The zero-order valence-electron chi connectivity index (χ0n) is 17.8. The number of H-pyrrole nitrogens is 1. The van der Waals surface area contributed by atoms with Crippen molar-refractivity contribution in [2.24, 2.45) is 0 Å². The van der Waals surface area contributed by atoms with Gasteiger partial charge < -0.3 is 14.6 Å². The number of hydrogen-bond donors (Lipinski definition) is 1. The van der Waals surface area contributed by atoms with Crippen LogP contribution in [-0.2, 0) is 14.8 Å². The number of piperazine rings is 1. The Balaban J connectivity index is 1.33. The number of carbonyl (C=O) groups is 1. The van der Waals surface area contributed by atoms with Crippen LogP contribution in [0.2, 0.25) is 0 Å². The number of ether oxygens (including phenoxy) is 1. The van der Waals surface area contributed by atoms with E-state index in [4.69, 9.17) is 4.74 Å². The van der Waals surface area contributed by atoms with Crippen molar-refractivity contribution in [1.29, 1.82) is 0 Å². The number of nitrogens with one attached hydrogen (secondary N) is 1. The van der Waals surface area contributed by atoms with E-state index >= 15 is 0 Å². The maximum atomic E-state index is 13.5. The van der Waals surface area contributed by atoms with Crippen LogP contribution >= 0.6 is 11.8 Å². The Morgan fingerprint density at radius 2 is 1.88 bits per heavy atom. The van der Waals surface area contributed by atoms with Gasteiger partial charge in [0, 0.05) is 32.2 Å². The number of imidazole rings is 1. The lowest BCUT2D eigenvalue weighted by Crippen LogP contribution is -2.51. The molecule has 2 heterocycles. The Labute approximate surface area is 194 Å². The molecule has 2 aromatic carbocycles. The normalized spacial score (nSPS) is 15.2. The summed E-state index contributed by atoms with van der Waals surface area (Å²) in [6, 6.07) is 8.02. The summed E-state index contributed by atoms with van der Waals surface area (Å²) in [4.78, 5) is 21.5. The van der Waals surface area contributed by atoms with Crippen LogP contribution in [0.1, 0.15) is 6.92 Å². The molecular formula is C21H22F2N4O4S2. The monoisotopic (exact) mass is 496 g/mol. The van der Waals surface area contributed by atoms with Crippen LogP contribution in [-0.4, -0.2) is 72.0 Å². The lowest BCUT2D eigenvalue weighted by molar-refractivity contribution is -0.129. The summed E-state index contributed by atoms with van der Waals surface area (Å²) in [5.41, 5.74) is 1.58. The smallest absolute Gasteiger partial charge is 0.243 e. The molecule has 1 fully saturated rings. The number of amides is 1. The zero-order chi connectivity index (χ0) is 23.6. The van der Waals surface area contributed by atoms with Crippen molar-refractivity contribution in [2.45, 2.75) is 17.0 Å². The van der Waals surface area contributed by atoms with E-state index in [1.165, 1.54) is 16.1 Å². The molecule has 1 aromatic heterocycles. The molecule has 1 aliphatic rings. The fourth-order valence-electron chi connectivity index (χ4n) is 3.48. The average molecular weight is 497 g/mol. The summed E-state index contributed by atoms with van der Waals surface area (Å²) in [6.07, 6.45) is 0. The summed E-state index contributed by atoms with van der Waals surface area (Å²) in [5, 5.41) is 0.603. The molecule has 1 amide bonds. The number of aromatic amines is 1. The van der Waals surface area contributed by atoms with Crippen LogP contribution < -0.4 is 4.74 Å². The van der Waals surface area contributed by atoms with E-state index in [1.807, 2.05) is 25.1 Å². The van der Waals surface area contributed by atoms with E-state index in [1.54, 1.807) is 4.90 Å². The Morgan fingerprint density at radius 3 is 2.58 bits per heavy atom. The number of aromatic nitrogens is 2. The number of thioether (sulfide) groups is 1. The second-order valence-electron chi connectivity index (χ2n) is 7.30. The average Bonchev–Trinajstić information content (AvgIpc) is 3.22. The second-order valence-corrected chi connectivity index (χ2v) is 10.2. The van der Waals surface area contributed by atoms with Crippen LogP contribution in [0.15, 0.2) is 46.5 Å². The Bertz CT molecular complexity index is 1270. The van der Waals surface area contributed by atoms with Gasteiger partial charge in [-0.25, -0.2) is 22.2 Å². The van der Waals surface area contributed by atoms with Gasteiger partial charge in [0.1, 0.15) is 5.75 Å². The van der Waals surface area contributed by atoms with Crippen LogP contribution in [0, 0.1) is 11.6 Å². The third kappa shape index (κ3) is 5.12. The minimum atomic E-state index is -3.97. The van der Waals surface area contributed by atoms with E-state index < -0.39 is 21.7 Å². The highest BCUT2D eigenvalue weighted by Gasteiger charge is 2.30. The maximum absolute atomic E-state index is 13.5. The Morgan fingerprint density at radius 1 is 1.12 bits per heavy atom. The molecule has 0 unspecified atom stereocenters. The molecule has 176 valence electrons.